The summed E-state index contributed by atoms with van der Waals surface area (Å²) in [6.45, 7) is 6.56. The van der Waals surface area contributed by atoms with Crippen LogP contribution < -0.4 is 5.73 Å². The molecule has 0 amide bonds. The number of hydrogen-bond acceptors (Lipinski definition) is 4. The van der Waals surface area contributed by atoms with Gasteiger partial charge in [0, 0.05) is 30.7 Å². The Hall–Kier alpha value is -1.08. The van der Waals surface area contributed by atoms with E-state index in [2.05, 4.69) is 9.80 Å². The van der Waals surface area contributed by atoms with E-state index in [1.165, 1.54) is 57.8 Å². The SMILES string of the molecule is NC1CC(N2CCC3(CCN(CC4CC4)CC3)C2)COC1c1cc(F)ccc1F. The van der Waals surface area contributed by atoms with Crippen LogP contribution in [0.15, 0.2) is 18.2 Å². The van der Waals surface area contributed by atoms with Crippen molar-refractivity contribution in [3.8, 4) is 0 Å². The molecule has 1 saturated carbocycles. The van der Waals surface area contributed by atoms with Crippen LogP contribution in [0.25, 0.3) is 0 Å². The van der Waals surface area contributed by atoms with Gasteiger partial charge in [0.25, 0.3) is 0 Å². The lowest BCUT2D eigenvalue weighted by atomic mass is 9.77. The molecule has 3 saturated heterocycles. The Morgan fingerprint density at radius 1 is 1.10 bits per heavy atom. The molecule has 29 heavy (non-hydrogen) atoms. The Morgan fingerprint density at radius 2 is 1.86 bits per heavy atom. The van der Waals surface area contributed by atoms with Crippen LogP contribution >= 0.6 is 0 Å². The molecule has 3 atom stereocenters. The predicted molar refractivity (Wildman–Crippen MR) is 108 cm³/mol. The van der Waals surface area contributed by atoms with Crippen molar-refractivity contribution in [3.63, 3.8) is 0 Å². The summed E-state index contributed by atoms with van der Waals surface area (Å²) in [5, 5.41) is 0. The van der Waals surface area contributed by atoms with Crippen molar-refractivity contribution in [1.29, 1.82) is 0 Å². The maximum atomic E-state index is 14.2. The molecule has 1 aromatic carbocycles. The standard InChI is InChI=1S/C23H33F2N3O/c24-17-3-4-20(25)19(11-17)22-21(26)12-18(14-29-22)28-10-7-23(15-28)5-8-27(9-6-23)13-16-1-2-16/h3-4,11,16,18,21-22H,1-2,5-10,12-15,26H2. The number of rotatable bonds is 4. The van der Waals surface area contributed by atoms with E-state index in [0.29, 0.717) is 12.0 Å². The van der Waals surface area contributed by atoms with Crippen LogP contribution in [0.2, 0.25) is 0 Å². The summed E-state index contributed by atoms with van der Waals surface area (Å²) in [4.78, 5) is 5.22. The fraction of sp³-hybridized carbons (Fsp3) is 0.739. The summed E-state index contributed by atoms with van der Waals surface area (Å²) < 4.78 is 33.7. The fourth-order valence-electron chi connectivity index (χ4n) is 5.72. The van der Waals surface area contributed by atoms with E-state index in [1.807, 2.05) is 0 Å². The predicted octanol–water partition coefficient (Wildman–Crippen LogP) is 3.32. The van der Waals surface area contributed by atoms with E-state index in [0.717, 1.165) is 37.6 Å². The number of nitrogens with zero attached hydrogens (tertiary/aromatic N) is 2. The molecule has 1 spiro atoms. The van der Waals surface area contributed by atoms with Crippen LogP contribution in [0, 0.1) is 23.0 Å². The summed E-state index contributed by atoms with van der Waals surface area (Å²) in [7, 11) is 0. The molecule has 1 aromatic rings. The van der Waals surface area contributed by atoms with Crippen LogP contribution in [0.1, 0.15) is 50.2 Å². The van der Waals surface area contributed by atoms with Crippen LogP contribution in [-0.2, 0) is 4.74 Å². The minimum absolute atomic E-state index is 0.247. The normalized spacial score (nSPS) is 33.4. The van der Waals surface area contributed by atoms with Gasteiger partial charge in [-0.05, 0) is 87.7 Å². The second-order valence-electron chi connectivity index (χ2n) is 9.94. The Balaban J connectivity index is 1.17. The molecule has 3 aliphatic heterocycles. The third kappa shape index (κ3) is 4.22. The summed E-state index contributed by atoms with van der Waals surface area (Å²) in [5.41, 5.74) is 7.08. The molecule has 1 aliphatic carbocycles. The summed E-state index contributed by atoms with van der Waals surface area (Å²) in [6, 6.07) is 3.48. The third-order valence-electron chi connectivity index (χ3n) is 7.78. The number of piperidine rings is 1. The average molecular weight is 406 g/mol. The zero-order valence-electron chi connectivity index (χ0n) is 17.2. The topological polar surface area (TPSA) is 41.7 Å². The third-order valence-corrected chi connectivity index (χ3v) is 7.78. The maximum Gasteiger partial charge on any atom is 0.129 e. The maximum absolute atomic E-state index is 14.2. The molecule has 4 fully saturated rings. The van der Waals surface area contributed by atoms with Gasteiger partial charge < -0.3 is 15.4 Å². The van der Waals surface area contributed by atoms with Gasteiger partial charge in [-0.1, -0.05) is 0 Å². The number of ether oxygens (including phenoxy) is 1. The molecule has 160 valence electrons. The van der Waals surface area contributed by atoms with Crippen LogP contribution in [-0.4, -0.2) is 61.2 Å². The van der Waals surface area contributed by atoms with Gasteiger partial charge in [-0.15, -0.1) is 0 Å². The Labute approximate surface area is 172 Å². The summed E-state index contributed by atoms with van der Waals surface area (Å²) in [6.07, 6.45) is 6.92. The van der Waals surface area contributed by atoms with E-state index >= 15 is 0 Å². The van der Waals surface area contributed by atoms with Gasteiger partial charge >= 0.3 is 0 Å². The highest BCUT2D eigenvalue weighted by atomic mass is 19.1. The second kappa shape index (κ2) is 7.88. The van der Waals surface area contributed by atoms with Crippen molar-refractivity contribution in [2.75, 3.05) is 39.3 Å². The Morgan fingerprint density at radius 3 is 2.59 bits per heavy atom. The first-order valence-corrected chi connectivity index (χ1v) is 11.3. The van der Waals surface area contributed by atoms with Crippen LogP contribution in [0.4, 0.5) is 8.78 Å². The zero-order chi connectivity index (χ0) is 20.0. The first-order chi connectivity index (χ1) is 14.0. The molecular formula is C23H33F2N3O. The minimum atomic E-state index is -0.566. The highest BCUT2D eigenvalue weighted by Gasteiger charge is 2.44. The van der Waals surface area contributed by atoms with E-state index < -0.39 is 17.7 Å². The molecule has 0 radical (unpaired) electrons. The van der Waals surface area contributed by atoms with Gasteiger partial charge in [-0.2, -0.15) is 0 Å². The van der Waals surface area contributed by atoms with E-state index in [9.17, 15) is 8.78 Å². The van der Waals surface area contributed by atoms with Gasteiger partial charge in [0.15, 0.2) is 0 Å². The lowest BCUT2D eigenvalue weighted by Crippen LogP contribution is -2.50. The molecule has 4 aliphatic rings. The van der Waals surface area contributed by atoms with E-state index in [-0.39, 0.29) is 17.6 Å². The van der Waals surface area contributed by atoms with Crippen molar-refractivity contribution in [3.05, 3.63) is 35.4 Å². The molecule has 6 heteroatoms. The van der Waals surface area contributed by atoms with Crippen LogP contribution in [0.3, 0.4) is 0 Å². The van der Waals surface area contributed by atoms with Crippen molar-refractivity contribution in [2.24, 2.45) is 17.1 Å². The average Bonchev–Trinajstić information content (AvgIpc) is 3.44. The summed E-state index contributed by atoms with van der Waals surface area (Å²) in [5.74, 6) is 0.0816. The minimum Gasteiger partial charge on any atom is -0.370 e. The van der Waals surface area contributed by atoms with Crippen molar-refractivity contribution < 1.29 is 13.5 Å². The first-order valence-electron chi connectivity index (χ1n) is 11.3. The number of hydrogen-bond donors (Lipinski definition) is 1. The quantitative estimate of drug-likeness (QED) is 0.835. The fourth-order valence-corrected chi connectivity index (χ4v) is 5.72. The first kappa shape index (κ1) is 19.9. The summed E-state index contributed by atoms with van der Waals surface area (Å²) >= 11 is 0. The molecule has 3 heterocycles. The van der Waals surface area contributed by atoms with Gasteiger partial charge in [0.1, 0.15) is 17.7 Å². The zero-order valence-corrected chi connectivity index (χ0v) is 17.2. The van der Waals surface area contributed by atoms with E-state index in [1.54, 1.807) is 0 Å². The number of nitrogens with two attached hydrogens (primary N) is 1. The van der Waals surface area contributed by atoms with E-state index in [4.69, 9.17) is 10.5 Å². The van der Waals surface area contributed by atoms with Gasteiger partial charge in [0.05, 0.1) is 6.61 Å². The molecular weight excluding hydrogens is 372 g/mol. The van der Waals surface area contributed by atoms with Crippen molar-refractivity contribution in [1.82, 2.24) is 9.80 Å². The molecule has 4 nitrogen and oxygen atoms in total. The lowest BCUT2D eigenvalue weighted by Gasteiger charge is -2.42. The Kier molecular flexibility index (Phi) is 5.39. The molecule has 3 unspecified atom stereocenters. The van der Waals surface area contributed by atoms with Gasteiger partial charge in [-0.25, -0.2) is 8.78 Å². The second-order valence-corrected chi connectivity index (χ2v) is 9.94. The molecule has 5 rings (SSSR count). The smallest absolute Gasteiger partial charge is 0.129 e. The highest BCUT2D eigenvalue weighted by molar-refractivity contribution is 5.23. The molecule has 0 aromatic heterocycles. The number of benzene rings is 1. The molecule has 2 N–H and O–H groups in total. The molecule has 0 bridgehead atoms. The van der Waals surface area contributed by atoms with Crippen molar-refractivity contribution in [2.45, 2.75) is 56.7 Å². The van der Waals surface area contributed by atoms with Gasteiger partial charge in [0.2, 0.25) is 0 Å². The van der Waals surface area contributed by atoms with Crippen LogP contribution in [0.5, 0.6) is 0 Å². The largest absolute Gasteiger partial charge is 0.370 e. The number of halogens is 2. The Bertz CT molecular complexity index is 733. The van der Waals surface area contributed by atoms with Gasteiger partial charge in [-0.3, -0.25) is 4.90 Å². The monoisotopic (exact) mass is 405 g/mol. The lowest BCUT2D eigenvalue weighted by molar-refractivity contribution is -0.0501. The highest BCUT2D eigenvalue weighted by Crippen LogP contribution is 2.43. The van der Waals surface area contributed by atoms with Crippen molar-refractivity contribution >= 4 is 0 Å². The number of likely N-dealkylation sites (tertiary alicyclic amines) is 2.